The molecule has 2 unspecified atom stereocenters. The van der Waals surface area contributed by atoms with Gasteiger partial charge in [0.15, 0.2) is 0 Å². The third-order valence-corrected chi connectivity index (χ3v) is 11.6. The summed E-state index contributed by atoms with van der Waals surface area (Å²) in [6.45, 7) is 17.8. The zero-order valence-corrected chi connectivity index (χ0v) is 39.7. The summed E-state index contributed by atoms with van der Waals surface area (Å²) < 4.78 is 11.3. The van der Waals surface area contributed by atoms with Gasteiger partial charge < -0.3 is 19.5 Å². The molecule has 1 N–H and O–H groups in total. The molecule has 0 saturated carbocycles. The highest BCUT2D eigenvalue weighted by atomic mass is 16.5. The molecule has 342 valence electrons. The zero-order valence-electron chi connectivity index (χ0n) is 39.7. The van der Waals surface area contributed by atoms with E-state index in [-0.39, 0.29) is 30.4 Å². The van der Waals surface area contributed by atoms with E-state index in [0.717, 1.165) is 122 Å². The molecule has 0 aromatic rings. The predicted molar refractivity (Wildman–Crippen MR) is 248 cm³/mol. The Morgan fingerprint density at radius 2 is 0.719 bits per heavy atom. The first-order valence-electron chi connectivity index (χ1n) is 25.6. The molecular formula is C51H103NO5. The molecular weight excluding hydrogens is 707 g/mol. The maximum absolute atomic E-state index is 12.9. The Morgan fingerprint density at radius 3 is 1.14 bits per heavy atom. The summed E-state index contributed by atoms with van der Waals surface area (Å²) in [5.74, 6) is 0.138. The molecule has 0 rings (SSSR count). The molecule has 0 aliphatic rings. The van der Waals surface area contributed by atoms with E-state index in [1.165, 1.54) is 122 Å². The van der Waals surface area contributed by atoms with Crippen molar-refractivity contribution in [3.63, 3.8) is 0 Å². The molecule has 0 heterocycles. The lowest BCUT2D eigenvalue weighted by atomic mass is 9.94. The Balaban J connectivity index is 0. The number of aliphatic hydroxyl groups is 1. The average Bonchev–Trinajstić information content (AvgIpc) is 3.21. The number of esters is 2. The minimum atomic E-state index is -0.0273. The van der Waals surface area contributed by atoms with Crippen molar-refractivity contribution in [1.82, 2.24) is 4.90 Å². The predicted octanol–water partition coefficient (Wildman–Crippen LogP) is 15.4. The van der Waals surface area contributed by atoms with Gasteiger partial charge >= 0.3 is 11.9 Å². The highest BCUT2D eigenvalue weighted by Crippen LogP contribution is 2.21. The number of ether oxygens (including phenoxy) is 2. The van der Waals surface area contributed by atoms with Crippen LogP contribution in [0.4, 0.5) is 0 Å². The van der Waals surface area contributed by atoms with Gasteiger partial charge in [-0.15, -0.1) is 0 Å². The smallest absolute Gasteiger partial charge is 0.308 e. The summed E-state index contributed by atoms with van der Waals surface area (Å²) in [6, 6.07) is 0. The Labute approximate surface area is 357 Å². The van der Waals surface area contributed by atoms with Crippen molar-refractivity contribution in [2.75, 3.05) is 39.5 Å². The second kappa shape index (κ2) is 49.2. The fourth-order valence-corrected chi connectivity index (χ4v) is 7.54. The molecule has 0 radical (unpaired) electrons. The van der Waals surface area contributed by atoms with Gasteiger partial charge in [-0.05, 0) is 77.4 Å². The van der Waals surface area contributed by atoms with E-state index < -0.39 is 0 Å². The standard InChI is InChI=1S/C42H83NO5.C9H20/c1-5-8-11-14-15-16-23-32-40(31-22-13-10-7-3)42(46)48-38-29-20-18-25-34-43(35-26-27-36-44)33-24-17-19-28-37-47-41(45)39(4)30-21-12-9-6-2;1-3-5-7-9-8-6-4-2/h39-40,44H,5-38H2,1-4H3;3-9H2,1-2H3. The van der Waals surface area contributed by atoms with Crippen LogP contribution in [0.5, 0.6) is 0 Å². The van der Waals surface area contributed by atoms with Crippen molar-refractivity contribution in [3.05, 3.63) is 0 Å². The number of hydrogen-bond acceptors (Lipinski definition) is 6. The summed E-state index contributed by atoms with van der Waals surface area (Å²) in [4.78, 5) is 27.7. The van der Waals surface area contributed by atoms with E-state index in [1.807, 2.05) is 6.92 Å². The number of unbranched alkanes of at least 4 members (excludes halogenated alkanes) is 25. The van der Waals surface area contributed by atoms with Crippen LogP contribution in [0.1, 0.15) is 266 Å². The number of carbonyl (C=O) groups is 2. The number of nitrogens with zero attached hydrogens (tertiary/aromatic N) is 1. The molecule has 6 heteroatoms. The molecule has 0 aromatic carbocycles. The highest BCUT2D eigenvalue weighted by Gasteiger charge is 2.19. The summed E-state index contributed by atoms with van der Waals surface area (Å²) in [6.07, 6.45) is 42.2. The number of aliphatic hydroxyl groups excluding tert-OH is 1. The minimum Gasteiger partial charge on any atom is -0.465 e. The fourth-order valence-electron chi connectivity index (χ4n) is 7.54. The molecule has 0 aromatic heterocycles. The van der Waals surface area contributed by atoms with Crippen molar-refractivity contribution < 1.29 is 24.2 Å². The normalized spacial score (nSPS) is 12.4. The summed E-state index contributed by atoms with van der Waals surface area (Å²) in [5, 5.41) is 9.25. The van der Waals surface area contributed by atoms with Crippen LogP contribution in [0.25, 0.3) is 0 Å². The van der Waals surface area contributed by atoms with Crippen molar-refractivity contribution in [2.24, 2.45) is 11.8 Å². The van der Waals surface area contributed by atoms with Crippen LogP contribution in [-0.4, -0.2) is 61.4 Å². The lowest BCUT2D eigenvalue weighted by Gasteiger charge is -2.22. The Morgan fingerprint density at radius 1 is 0.404 bits per heavy atom. The fraction of sp³-hybridized carbons (Fsp3) is 0.961. The number of hydrogen-bond donors (Lipinski definition) is 1. The van der Waals surface area contributed by atoms with Gasteiger partial charge in [0.25, 0.3) is 0 Å². The lowest BCUT2D eigenvalue weighted by molar-refractivity contribution is -0.149. The Bertz CT molecular complexity index is 786. The molecule has 0 fully saturated rings. The first kappa shape index (κ1) is 58.0. The van der Waals surface area contributed by atoms with Crippen molar-refractivity contribution >= 4 is 11.9 Å². The third-order valence-electron chi connectivity index (χ3n) is 11.6. The van der Waals surface area contributed by atoms with Gasteiger partial charge in [0.05, 0.1) is 25.0 Å². The summed E-state index contributed by atoms with van der Waals surface area (Å²) >= 11 is 0. The van der Waals surface area contributed by atoms with Crippen molar-refractivity contribution in [2.45, 2.75) is 266 Å². The molecule has 57 heavy (non-hydrogen) atoms. The van der Waals surface area contributed by atoms with E-state index in [2.05, 4.69) is 39.5 Å². The summed E-state index contributed by atoms with van der Waals surface area (Å²) in [5.41, 5.74) is 0. The zero-order chi connectivity index (χ0) is 42.3. The van der Waals surface area contributed by atoms with Crippen LogP contribution in [0.15, 0.2) is 0 Å². The number of carbonyl (C=O) groups excluding carboxylic acids is 2. The van der Waals surface area contributed by atoms with Gasteiger partial charge in [0.2, 0.25) is 0 Å². The summed E-state index contributed by atoms with van der Waals surface area (Å²) in [7, 11) is 0. The minimum absolute atomic E-state index is 0.0198. The first-order chi connectivity index (χ1) is 27.9. The molecule has 0 aliphatic carbocycles. The SMILES string of the molecule is CCCCCCCCC.CCCCCCCCCC(CCCCCC)C(=O)OCCCCCCN(CCCCO)CCCCCCOC(=O)C(C)CCCCCC. The molecule has 0 saturated heterocycles. The van der Waals surface area contributed by atoms with Crippen LogP contribution in [0.3, 0.4) is 0 Å². The van der Waals surface area contributed by atoms with Gasteiger partial charge in [0.1, 0.15) is 0 Å². The second-order valence-electron chi connectivity index (χ2n) is 17.4. The molecule has 0 aliphatic heterocycles. The lowest BCUT2D eigenvalue weighted by Crippen LogP contribution is -2.27. The average molecular weight is 810 g/mol. The van der Waals surface area contributed by atoms with E-state index in [9.17, 15) is 14.7 Å². The molecule has 6 nitrogen and oxygen atoms in total. The maximum Gasteiger partial charge on any atom is 0.308 e. The Hall–Kier alpha value is -1.14. The van der Waals surface area contributed by atoms with Gasteiger partial charge in [-0.3, -0.25) is 9.59 Å². The van der Waals surface area contributed by atoms with Gasteiger partial charge in [0, 0.05) is 6.61 Å². The monoisotopic (exact) mass is 810 g/mol. The van der Waals surface area contributed by atoms with Crippen molar-refractivity contribution in [1.29, 1.82) is 0 Å². The van der Waals surface area contributed by atoms with Crippen LogP contribution in [-0.2, 0) is 19.1 Å². The molecule has 0 bridgehead atoms. The van der Waals surface area contributed by atoms with E-state index in [1.54, 1.807) is 0 Å². The van der Waals surface area contributed by atoms with E-state index in [4.69, 9.17) is 9.47 Å². The first-order valence-corrected chi connectivity index (χ1v) is 25.6. The van der Waals surface area contributed by atoms with Gasteiger partial charge in [-0.2, -0.15) is 0 Å². The molecule has 0 spiro atoms. The van der Waals surface area contributed by atoms with Gasteiger partial charge in [-0.25, -0.2) is 0 Å². The largest absolute Gasteiger partial charge is 0.465 e. The molecule has 2 atom stereocenters. The van der Waals surface area contributed by atoms with Crippen LogP contribution in [0.2, 0.25) is 0 Å². The quantitative estimate of drug-likeness (QED) is 0.0488. The third kappa shape index (κ3) is 44.2. The Kier molecular flexibility index (Phi) is 50.0. The van der Waals surface area contributed by atoms with Gasteiger partial charge in [-0.1, -0.05) is 208 Å². The van der Waals surface area contributed by atoms with Crippen molar-refractivity contribution in [3.8, 4) is 0 Å². The van der Waals surface area contributed by atoms with E-state index >= 15 is 0 Å². The highest BCUT2D eigenvalue weighted by molar-refractivity contribution is 5.72. The molecule has 0 amide bonds. The topological polar surface area (TPSA) is 76.1 Å². The number of rotatable bonds is 44. The van der Waals surface area contributed by atoms with Crippen LogP contribution >= 0.6 is 0 Å². The van der Waals surface area contributed by atoms with Crippen LogP contribution < -0.4 is 0 Å². The van der Waals surface area contributed by atoms with E-state index in [0.29, 0.717) is 13.2 Å². The second-order valence-corrected chi connectivity index (χ2v) is 17.4. The van der Waals surface area contributed by atoms with Crippen LogP contribution in [0, 0.1) is 11.8 Å². The maximum atomic E-state index is 12.9.